The van der Waals surface area contributed by atoms with Crippen LogP contribution in [0.3, 0.4) is 0 Å². The van der Waals surface area contributed by atoms with Crippen LogP contribution >= 0.6 is 23.4 Å². The van der Waals surface area contributed by atoms with Gasteiger partial charge in [-0.05, 0) is 30.5 Å². The van der Waals surface area contributed by atoms with E-state index >= 15 is 0 Å². The van der Waals surface area contributed by atoms with Gasteiger partial charge in [0.1, 0.15) is 0 Å². The Kier molecular flexibility index (Phi) is 4.62. The maximum Gasteiger partial charge on any atom is 0.319 e. The molecule has 2 amide bonds. The fraction of sp³-hybridized carbons (Fsp3) is 0.222. The summed E-state index contributed by atoms with van der Waals surface area (Å²) >= 11 is 7.25. The standard InChI is InChI=1S/C9H11ClN2OS/c1-14-6-11-9(13)12-8-4-2-7(10)3-5-8/h2-5H,6H2,1H3,(H2,11,12,13). The zero-order chi connectivity index (χ0) is 10.4. The highest BCUT2D eigenvalue weighted by Crippen LogP contribution is 2.12. The Morgan fingerprint density at radius 1 is 1.43 bits per heavy atom. The summed E-state index contributed by atoms with van der Waals surface area (Å²) < 4.78 is 0. The Morgan fingerprint density at radius 2 is 2.07 bits per heavy atom. The molecule has 0 aliphatic heterocycles. The van der Waals surface area contributed by atoms with Crippen LogP contribution in [0, 0.1) is 0 Å². The van der Waals surface area contributed by atoms with E-state index in [1.165, 1.54) is 0 Å². The number of benzene rings is 1. The molecule has 5 heteroatoms. The van der Waals surface area contributed by atoms with Crippen molar-refractivity contribution in [2.45, 2.75) is 0 Å². The number of hydrogen-bond donors (Lipinski definition) is 2. The van der Waals surface area contributed by atoms with Crippen LogP contribution in [0.5, 0.6) is 0 Å². The summed E-state index contributed by atoms with van der Waals surface area (Å²) in [6.45, 7) is 0. The lowest BCUT2D eigenvalue weighted by molar-refractivity contribution is 0.253. The summed E-state index contributed by atoms with van der Waals surface area (Å²) in [6, 6.07) is 6.75. The largest absolute Gasteiger partial charge is 0.329 e. The Morgan fingerprint density at radius 3 is 2.64 bits per heavy atom. The fourth-order valence-electron chi connectivity index (χ4n) is 0.846. The number of anilines is 1. The van der Waals surface area contributed by atoms with Gasteiger partial charge in [0.2, 0.25) is 0 Å². The van der Waals surface area contributed by atoms with Gasteiger partial charge in [-0.25, -0.2) is 4.79 Å². The molecular formula is C9H11ClN2OS. The molecule has 0 aliphatic rings. The Bertz CT molecular complexity index is 302. The molecule has 76 valence electrons. The van der Waals surface area contributed by atoms with E-state index in [0.717, 1.165) is 5.69 Å². The van der Waals surface area contributed by atoms with Gasteiger partial charge in [0.25, 0.3) is 0 Å². The number of amides is 2. The highest BCUT2D eigenvalue weighted by atomic mass is 35.5. The summed E-state index contributed by atoms with van der Waals surface area (Å²) in [7, 11) is 0. The number of thioether (sulfide) groups is 1. The quantitative estimate of drug-likeness (QED) is 0.784. The third-order valence-corrected chi connectivity index (χ3v) is 2.16. The molecule has 14 heavy (non-hydrogen) atoms. The van der Waals surface area contributed by atoms with E-state index in [1.807, 2.05) is 6.26 Å². The maximum absolute atomic E-state index is 11.2. The van der Waals surface area contributed by atoms with Crippen LogP contribution < -0.4 is 10.6 Å². The first-order chi connectivity index (χ1) is 6.72. The van der Waals surface area contributed by atoms with Crippen LogP contribution in [0.4, 0.5) is 10.5 Å². The SMILES string of the molecule is CSCNC(=O)Nc1ccc(Cl)cc1. The van der Waals surface area contributed by atoms with Crippen molar-refractivity contribution in [2.24, 2.45) is 0 Å². The molecule has 0 saturated heterocycles. The number of halogens is 1. The van der Waals surface area contributed by atoms with Crippen molar-refractivity contribution in [1.82, 2.24) is 5.32 Å². The summed E-state index contributed by atoms with van der Waals surface area (Å²) in [5, 5.41) is 6.01. The molecule has 0 radical (unpaired) electrons. The average molecular weight is 231 g/mol. The minimum absolute atomic E-state index is 0.207. The van der Waals surface area contributed by atoms with Crippen LogP contribution in [0.25, 0.3) is 0 Å². The molecule has 0 unspecified atom stereocenters. The first-order valence-corrected chi connectivity index (χ1v) is 5.79. The number of rotatable bonds is 3. The monoisotopic (exact) mass is 230 g/mol. The lowest BCUT2D eigenvalue weighted by Crippen LogP contribution is -2.28. The van der Waals surface area contributed by atoms with Crippen molar-refractivity contribution in [1.29, 1.82) is 0 Å². The first kappa shape index (κ1) is 11.2. The van der Waals surface area contributed by atoms with E-state index in [1.54, 1.807) is 36.0 Å². The zero-order valence-corrected chi connectivity index (χ0v) is 9.28. The normalized spacial score (nSPS) is 9.57. The van der Waals surface area contributed by atoms with Crippen molar-refractivity contribution in [3.8, 4) is 0 Å². The van der Waals surface area contributed by atoms with E-state index in [9.17, 15) is 4.79 Å². The molecule has 1 rings (SSSR count). The van der Waals surface area contributed by atoms with Gasteiger partial charge in [-0.3, -0.25) is 0 Å². The zero-order valence-electron chi connectivity index (χ0n) is 7.71. The maximum atomic E-state index is 11.2. The molecular weight excluding hydrogens is 220 g/mol. The molecule has 0 aromatic heterocycles. The second kappa shape index (κ2) is 5.78. The number of carbonyl (C=O) groups excluding carboxylic acids is 1. The minimum Gasteiger partial charge on any atom is -0.329 e. The highest BCUT2D eigenvalue weighted by molar-refractivity contribution is 7.98. The van der Waals surface area contributed by atoms with Crippen molar-refractivity contribution in [2.75, 3.05) is 17.4 Å². The van der Waals surface area contributed by atoms with E-state index in [2.05, 4.69) is 10.6 Å². The number of hydrogen-bond acceptors (Lipinski definition) is 2. The number of nitrogens with one attached hydrogen (secondary N) is 2. The molecule has 0 spiro atoms. The topological polar surface area (TPSA) is 41.1 Å². The highest BCUT2D eigenvalue weighted by Gasteiger charge is 1.99. The molecule has 2 N–H and O–H groups in total. The van der Waals surface area contributed by atoms with E-state index < -0.39 is 0 Å². The molecule has 0 saturated carbocycles. The molecule has 0 fully saturated rings. The van der Waals surface area contributed by atoms with Crippen LogP contribution in [0.2, 0.25) is 5.02 Å². The van der Waals surface area contributed by atoms with Gasteiger partial charge in [0.15, 0.2) is 0 Å². The van der Waals surface area contributed by atoms with Crippen molar-refractivity contribution >= 4 is 35.1 Å². The van der Waals surface area contributed by atoms with E-state index in [0.29, 0.717) is 10.9 Å². The molecule has 0 bridgehead atoms. The fourth-order valence-corrected chi connectivity index (χ4v) is 1.25. The second-order valence-corrected chi connectivity index (χ2v) is 3.87. The summed E-state index contributed by atoms with van der Waals surface area (Å²) in [6.07, 6.45) is 1.92. The Balaban J connectivity index is 2.44. The summed E-state index contributed by atoms with van der Waals surface area (Å²) in [4.78, 5) is 11.2. The van der Waals surface area contributed by atoms with Crippen LogP contribution in [-0.4, -0.2) is 18.2 Å². The van der Waals surface area contributed by atoms with E-state index in [-0.39, 0.29) is 6.03 Å². The molecule has 0 aliphatic carbocycles. The van der Waals surface area contributed by atoms with Gasteiger partial charge in [-0.1, -0.05) is 11.6 Å². The lowest BCUT2D eigenvalue weighted by Gasteiger charge is -2.05. The van der Waals surface area contributed by atoms with Gasteiger partial charge in [-0.2, -0.15) is 0 Å². The average Bonchev–Trinajstić information content (AvgIpc) is 2.18. The third kappa shape index (κ3) is 3.89. The second-order valence-electron chi connectivity index (χ2n) is 2.57. The van der Waals surface area contributed by atoms with Crippen LogP contribution in [0.15, 0.2) is 24.3 Å². The van der Waals surface area contributed by atoms with Gasteiger partial charge in [0.05, 0.1) is 5.88 Å². The number of urea groups is 1. The lowest BCUT2D eigenvalue weighted by atomic mass is 10.3. The van der Waals surface area contributed by atoms with Gasteiger partial charge < -0.3 is 10.6 Å². The molecule has 1 aromatic rings. The number of carbonyl (C=O) groups is 1. The third-order valence-electron chi connectivity index (χ3n) is 1.48. The predicted molar refractivity (Wildman–Crippen MR) is 62.0 cm³/mol. The van der Waals surface area contributed by atoms with Crippen molar-refractivity contribution < 1.29 is 4.79 Å². The molecule has 1 aromatic carbocycles. The van der Waals surface area contributed by atoms with Gasteiger partial charge >= 0.3 is 6.03 Å². The van der Waals surface area contributed by atoms with Crippen LogP contribution in [0.1, 0.15) is 0 Å². The summed E-state index contributed by atoms with van der Waals surface area (Å²) in [5.74, 6) is 0.597. The van der Waals surface area contributed by atoms with Crippen molar-refractivity contribution in [3.63, 3.8) is 0 Å². The molecule has 0 heterocycles. The minimum atomic E-state index is -0.207. The predicted octanol–water partition coefficient (Wildman–Crippen LogP) is 2.78. The van der Waals surface area contributed by atoms with Gasteiger partial charge in [0, 0.05) is 10.7 Å². The Hall–Kier alpha value is -0.870. The van der Waals surface area contributed by atoms with Crippen molar-refractivity contribution in [3.05, 3.63) is 29.3 Å². The summed E-state index contributed by atoms with van der Waals surface area (Å²) in [5.41, 5.74) is 0.730. The smallest absolute Gasteiger partial charge is 0.319 e. The molecule has 3 nitrogen and oxygen atoms in total. The molecule has 0 atom stereocenters. The Labute approximate surface area is 92.2 Å². The first-order valence-electron chi connectivity index (χ1n) is 4.01. The van der Waals surface area contributed by atoms with E-state index in [4.69, 9.17) is 11.6 Å². The van der Waals surface area contributed by atoms with Gasteiger partial charge in [-0.15, -0.1) is 11.8 Å². The van der Waals surface area contributed by atoms with Crippen LogP contribution in [-0.2, 0) is 0 Å².